The van der Waals surface area contributed by atoms with E-state index in [2.05, 4.69) is 5.32 Å². The van der Waals surface area contributed by atoms with Crippen LogP contribution in [0.2, 0.25) is 0 Å². The molecule has 1 N–H and O–H groups in total. The number of ether oxygens (including phenoxy) is 4. The molecule has 2 unspecified atom stereocenters. The van der Waals surface area contributed by atoms with Gasteiger partial charge < -0.3 is 24.3 Å². The molecule has 1 aromatic rings. The Morgan fingerprint density at radius 3 is 2.43 bits per heavy atom. The summed E-state index contributed by atoms with van der Waals surface area (Å²) in [6.45, 7) is 4.59. The van der Waals surface area contributed by atoms with Gasteiger partial charge in [0, 0.05) is 37.9 Å². The smallest absolute Gasteiger partial charge is 0.127 e. The van der Waals surface area contributed by atoms with E-state index in [4.69, 9.17) is 18.9 Å². The van der Waals surface area contributed by atoms with E-state index in [1.165, 1.54) is 6.42 Å². The normalized spacial score (nSPS) is 19.3. The van der Waals surface area contributed by atoms with E-state index in [1.54, 1.807) is 14.2 Å². The minimum atomic E-state index is 0.0585. The highest BCUT2D eigenvalue weighted by Gasteiger charge is 2.15. The number of hydrogen-bond donors (Lipinski definition) is 1. The van der Waals surface area contributed by atoms with Crippen LogP contribution in [0.1, 0.15) is 19.8 Å². The average molecular weight is 295 g/mol. The Morgan fingerprint density at radius 1 is 1.19 bits per heavy atom. The van der Waals surface area contributed by atoms with Crippen molar-refractivity contribution in [2.24, 2.45) is 0 Å². The van der Waals surface area contributed by atoms with Crippen molar-refractivity contribution in [1.82, 2.24) is 5.32 Å². The summed E-state index contributed by atoms with van der Waals surface area (Å²) in [6.07, 6.45) is 2.73. The first-order valence-corrected chi connectivity index (χ1v) is 7.43. The fourth-order valence-corrected chi connectivity index (χ4v) is 2.38. The van der Waals surface area contributed by atoms with E-state index >= 15 is 0 Å². The van der Waals surface area contributed by atoms with E-state index in [0.717, 1.165) is 43.4 Å². The average Bonchev–Trinajstić information content (AvgIpc) is 3.00. The van der Waals surface area contributed by atoms with Crippen LogP contribution in [0.4, 0.5) is 0 Å². The minimum Gasteiger partial charge on any atom is -0.496 e. The zero-order valence-corrected chi connectivity index (χ0v) is 13.1. The monoisotopic (exact) mass is 295 g/mol. The zero-order chi connectivity index (χ0) is 15.1. The van der Waals surface area contributed by atoms with E-state index in [9.17, 15) is 0 Å². The van der Waals surface area contributed by atoms with Crippen molar-refractivity contribution < 1.29 is 18.9 Å². The number of benzene rings is 1. The first kappa shape index (κ1) is 15.9. The Kier molecular flexibility index (Phi) is 6.14. The fourth-order valence-electron chi connectivity index (χ4n) is 2.38. The molecule has 1 aliphatic heterocycles. The second-order valence-electron chi connectivity index (χ2n) is 5.27. The van der Waals surface area contributed by atoms with Crippen LogP contribution in [0.3, 0.4) is 0 Å². The largest absolute Gasteiger partial charge is 0.496 e. The summed E-state index contributed by atoms with van der Waals surface area (Å²) >= 11 is 0. The summed E-state index contributed by atoms with van der Waals surface area (Å²) in [7, 11) is 3.26. The van der Waals surface area contributed by atoms with Crippen LogP contribution < -0.4 is 19.5 Å². The molecule has 21 heavy (non-hydrogen) atoms. The molecule has 1 fully saturated rings. The van der Waals surface area contributed by atoms with Gasteiger partial charge in [0.05, 0.1) is 20.3 Å². The lowest BCUT2D eigenvalue weighted by Crippen LogP contribution is -2.34. The van der Waals surface area contributed by atoms with Crippen molar-refractivity contribution >= 4 is 0 Å². The van der Waals surface area contributed by atoms with Gasteiger partial charge in [-0.05, 0) is 19.8 Å². The molecule has 5 heteroatoms. The standard InChI is InChI=1S/C16H25NO4/c1-12(10-17-11-13-5-4-6-20-13)21-16-8-14(18-2)7-15(9-16)19-3/h7-9,12-13,17H,4-6,10-11H2,1-3H3. The van der Waals surface area contributed by atoms with Gasteiger partial charge in [-0.15, -0.1) is 0 Å². The molecule has 0 saturated carbocycles. The van der Waals surface area contributed by atoms with Gasteiger partial charge in [0.15, 0.2) is 0 Å². The van der Waals surface area contributed by atoms with Gasteiger partial charge >= 0.3 is 0 Å². The number of hydrogen-bond acceptors (Lipinski definition) is 5. The quantitative estimate of drug-likeness (QED) is 0.797. The molecule has 118 valence electrons. The third kappa shape index (κ3) is 5.10. The predicted molar refractivity (Wildman–Crippen MR) is 81.5 cm³/mol. The molecule has 0 spiro atoms. The minimum absolute atomic E-state index is 0.0585. The summed E-state index contributed by atoms with van der Waals surface area (Å²) in [5.41, 5.74) is 0. The third-order valence-electron chi connectivity index (χ3n) is 3.49. The van der Waals surface area contributed by atoms with Crippen molar-refractivity contribution in [3.8, 4) is 17.2 Å². The van der Waals surface area contributed by atoms with Crippen LogP contribution in [0, 0.1) is 0 Å². The highest BCUT2D eigenvalue weighted by Crippen LogP contribution is 2.27. The lowest BCUT2D eigenvalue weighted by atomic mass is 10.2. The molecule has 1 aliphatic rings. The first-order valence-electron chi connectivity index (χ1n) is 7.43. The van der Waals surface area contributed by atoms with Gasteiger partial charge in [-0.1, -0.05) is 0 Å². The van der Waals surface area contributed by atoms with Crippen molar-refractivity contribution in [2.75, 3.05) is 33.9 Å². The SMILES string of the molecule is COc1cc(OC)cc(OC(C)CNCC2CCCO2)c1. The van der Waals surface area contributed by atoms with E-state index in [-0.39, 0.29) is 6.10 Å². The van der Waals surface area contributed by atoms with Gasteiger partial charge in [-0.3, -0.25) is 0 Å². The molecule has 1 saturated heterocycles. The van der Waals surface area contributed by atoms with Crippen LogP contribution in [-0.4, -0.2) is 46.1 Å². The molecule has 1 aromatic carbocycles. The molecule has 0 aromatic heterocycles. The summed E-state index contributed by atoms with van der Waals surface area (Å²) in [5.74, 6) is 2.20. The molecule has 2 atom stereocenters. The fraction of sp³-hybridized carbons (Fsp3) is 0.625. The van der Waals surface area contributed by atoms with Crippen LogP contribution in [0.5, 0.6) is 17.2 Å². The Hall–Kier alpha value is -1.46. The Bertz CT molecular complexity index is 410. The topological polar surface area (TPSA) is 49.0 Å². The summed E-state index contributed by atoms with van der Waals surface area (Å²) < 4.78 is 21.9. The predicted octanol–water partition coefficient (Wildman–Crippen LogP) is 2.24. The Balaban J connectivity index is 1.79. The van der Waals surface area contributed by atoms with Crippen LogP contribution in [-0.2, 0) is 4.74 Å². The van der Waals surface area contributed by atoms with Crippen LogP contribution >= 0.6 is 0 Å². The van der Waals surface area contributed by atoms with Crippen molar-refractivity contribution in [3.63, 3.8) is 0 Å². The van der Waals surface area contributed by atoms with Crippen molar-refractivity contribution in [3.05, 3.63) is 18.2 Å². The number of nitrogens with one attached hydrogen (secondary N) is 1. The maximum Gasteiger partial charge on any atom is 0.127 e. The van der Waals surface area contributed by atoms with Crippen molar-refractivity contribution in [2.45, 2.75) is 32.0 Å². The van der Waals surface area contributed by atoms with Crippen LogP contribution in [0.15, 0.2) is 18.2 Å². The maximum atomic E-state index is 5.90. The molecule has 0 aliphatic carbocycles. The van der Waals surface area contributed by atoms with Gasteiger partial charge in [-0.25, -0.2) is 0 Å². The first-order chi connectivity index (χ1) is 10.2. The summed E-state index contributed by atoms with van der Waals surface area (Å²) in [5, 5.41) is 3.39. The maximum absolute atomic E-state index is 5.90. The third-order valence-corrected chi connectivity index (χ3v) is 3.49. The summed E-state index contributed by atoms with van der Waals surface area (Å²) in [4.78, 5) is 0. The molecular formula is C16H25NO4. The lowest BCUT2D eigenvalue weighted by Gasteiger charge is -2.18. The van der Waals surface area contributed by atoms with E-state index < -0.39 is 0 Å². The molecule has 0 amide bonds. The number of rotatable bonds is 8. The molecule has 1 heterocycles. The Labute approximate surface area is 126 Å². The lowest BCUT2D eigenvalue weighted by molar-refractivity contribution is 0.106. The second-order valence-corrected chi connectivity index (χ2v) is 5.27. The van der Waals surface area contributed by atoms with E-state index in [0.29, 0.717) is 6.10 Å². The van der Waals surface area contributed by atoms with E-state index in [1.807, 2.05) is 25.1 Å². The van der Waals surface area contributed by atoms with Gasteiger partial charge in [-0.2, -0.15) is 0 Å². The molecule has 0 bridgehead atoms. The molecule has 5 nitrogen and oxygen atoms in total. The Morgan fingerprint density at radius 2 is 1.86 bits per heavy atom. The highest BCUT2D eigenvalue weighted by molar-refractivity contribution is 5.42. The zero-order valence-electron chi connectivity index (χ0n) is 13.1. The molecule has 0 radical (unpaired) electrons. The molecule has 2 rings (SSSR count). The molecular weight excluding hydrogens is 270 g/mol. The summed E-state index contributed by atoms with van der Waals surface area (Å²) in [6, 6.07) is 5.55. The van der Waals surface area contributed by atoms with Gasteiger partial charge in [0.2, 0.25) is 0 Å². The van der Waals surface area contributed by atoms with Crippen LogP contribution in [0.25, 0.3) is 0 Å². The number of methoxy groups -OCH3 is 2. The van der Waals surface area contributed by atoms with Gasteiger partial charge in [0.25, 0.3) is 0 Å². The van der Waals surface area contributed by atoms with Gasteiger partial charge in [0.1, 0.15) is 23.4 Å². The second kappa shape index (κ2) is 8.10. The van der Waals surface area contributed by atoms with Crippen molar-refractivity contribution in [1.29, 1.82) is 0 Å². The highest BCUT2D eigenvalue weighted by atomic mass is 16.5.